The van der Waals surface area contributed by atoms with Crippen molar-refractivity contribution < 1.29 is 22.7 Å². The number of sulfonamides is 1. The number of benzene rings is 2. The van der Waals surface area contributed by atoms with Crippen molar-refractivity contribution in [2.45, 2.75) is 30.9 Å². The molecule has 0 atom stereocenters. The molecule has 2 heterocycles. The molecule has 0 saturated carbocycles. The summed E-state index contributed by atoms with van der Waals surface area (Å²) in [7, 11) is -1.93. The Bertz CT molecular complexity index is 1190. The number of nitrogens with zero attached hydrogens (tertiary/aromatic N) is 2. The van der Waals surface area contributed by atoms with Gasteiger partial charge in [0.25, 0.3) is 5.91 Å². The minimum Gasteiger partial charge on any atom is -0.493 e. The largest absolute Gasteiger partial charge is 0.493 e. The number of nitrogens with one attached hydrogen (secondary N) is 1. The van der Waals surface area contributed by atoms with Gasteiger partial charge in [0.1, 0.15) is 6.61 Å². The van der Waals surface area contributed by atoms with Crippen LogP contribution in [0.15, 0.2) is 58.3 Å². The molecule has 33 heavy (non-hydrogen) atoms. The molecule has 1 aliphatic rings. The molecule has 0 unspecified atom stereocenters. The number of ether oxygens (including phenoxy) is 2. The number of hydrogen-bond acceptors (Lipinski definition) is 7. The molecular formula is C23H25N3O5S2. The molecule has 0 radical (unpaired) electrons. The number of carbonyl (C=O) groups excluding carboxylic acids is 1. The summed E-state index contributed by atoms with van der Waals surface area (Å²) >= 11 is 1.49. The van der Waals surface area contributed by atoms with Gasteiger partial charge in [-0.15, -0.1) is 11.3 Å². The van der Waals surface area contributed by atoms with Crippen LogP contribution >= 0.6 is 11.3 Å². The lowest BCUT2D eigenvalue weighted by atomic mass is 10.1. The van der Waals surface area contributed by atoms with Gasteiger partial charge in [-0.1, -0.05) is 12.1 Å². The molecule has 1 fully saturated rings. The van der Waals surface area contributed by atoms with Gasteiger partial charge in [-0.05, 0) is 48.7 Å². The van der Waals surface area contributed by atoms with Crippen molar-refractivity contribution in [3.05, 3.63) is 70.2 Å². The first-order valence-corrected chi connectivity index (χ1v) is 12.9. The average molecular weight is 488 g/mol. The van der Waals surface area contributed by atoms with E-state index in [1.54, 1.807) is 48.0 Å². The van der Waals surface area contributed by atoms with E-state index < -0.39 is 10.0 Å². The molecule has 1 N–H and O–H groups in total. The first-order chi connectivity index (χ1) is 16.0. The molecule has 1 amide bonds. The normalized spacial score (nSPS) is 14.2. The van der Waals surface area contributed by atoms with Gasteiger partial charge in [-0.2, -0.15) is 4.31 Å². The molecule has 10 heteroatoms. The number of methoxy groups -OCH3 is 1. The van der Waals surface area contributed by atoms with Crippen LogP contribution in [-0.2, 0) is 23.2 Å². The predicted octanol–water partition coefficient (Wildman–Crippen LogP) is 3.45. The van der Waals surface area contributed by atoms with Crippen LogP contribution < -0.4 is 14.8 Å². The SMILES string of the molecule is COc1cc(C(=O)NCc2ccc(S(=O)(=O)N3CCCC3)cc2)ccc1OCc1cscn1. The first kappa shape index (κ1) is 23.2. The van der Waals surface area contributed by atoms with E-state index in [-0.39, 0.29) is 17.3 Å². The van der Waals surface area contributed by atoms with E-state index >= 15 is 0 Å². The third kappa shape index (κ3) is 5.52. The van der Waals surface area contributed by atoms with Crippen molar-refractivity contribution in [3.63, 3.8) is 0 Å². The molecule has 1 saturated heterocycles. The fourth-order valence-corrected chi connectivity index (χ4v) is 5.59. The molecule has 2 aromatic carbocycles. The van der Waals surface area contributed by atoms with Crippen molar-refractivity contribution in [3.8, 4) is 11.5 Å². The second-order valence-electron chi connectivity index (χ2n) is 7.57. The average Bonchev–Trinajstić information content (AvgIpc) is 3.56. The molecule has 0 bridgehead atoms. The highest BCUT2D eigenvalue weighted by atomic mass is 32.2. The standard InChI is InChI=1S/C23H25N3O5S2/c1-30-22-12-18(6-9-21(22)31-14-19-15-32-16-25-19)23(27)24-13-17-4-7-20(8-5-17)33(28,29)26-10-2-3-11-26/h4-9,12,15-16H,2-3,10-11,13-14H2,1H3,(H,24,27). The lowest BCUT2D eigenvalue weighted by Crippen LogP contribution is -2.28. The van der Waals surface area contributed by atoms with E-state index in [9.17, 15) is 13.2 Å². The summed E-state index contributed by atoms with van der Waals surface area (Å²) in [6, 6.07) is 11.6. The van der Waals surface area contributed by atoms with Gasteiger partial charge in [-0.25, -0.2) is 13.4 Å². The summed E-state index contributed by atoms with van der Waals surface area (Å²) in [6.45, 7) is 1.72. The van der Waals surface area contributed by atoms with Crippen molar-refractivity contribution in [2.75, 3.05) is 20.2 Å². The van der Waals surface area contributed by atoms with Gasteiger partial charge in [0.05, 0.1) is 23.2 Å². The fourth-order valence-electron chi connectivity index (χ4n) is 3.53. The smallest absolute Gasteiger partial charge is 0.251 e. The van der Waals surface area contributed by atoms with Crippen LogP contribution in [0.2, 0.25) is 0 Å². The number of rotatable bonds is 9. The quantitative estimate of drug-likeness (QED) is 0.497. The molecule has 3 aromatic rings. The van der Waals surface area contributed by atoms with Crippen LogP contribution in [0.3, 0.4) is 0 Å². The highest BCUT2D eigenvalue weighted by molar-refractivity contribution is 7.89. The fraction of sp³-hybridized carbons (Fsp3) is 0.304. The number of thiazole rings is 1. The van der Waals surface area contributed by atoms with E-state index in [0.717, 1.165) is 24.1 Å². The minimum absolute atomic E-state index is 0.270. The number of carbonyl (C=O) groups is 1. The van der Waals surface area contributed by atoms with Gasteiger partial charge in [0, 0.05) is 30.6 Å². The van der Waals surface area contributed by atoms with Crippen LogP contribution in [0.5, 0.6) is 11.5 Å². The maximum absolute atomic E-state index is 12.6. The zero-order valence-corrected chi connectivity index (χ0v) is 19.8. The molecule has 0 aliphatic carbocycles. The molecular weight excluding hydrogens is 462 g/mol. The Labute approximate surface area is 197 Å². The van der Waals surface area contributed by atoms with Crippen molar-refractivity contribution >= 4 is 27.3 Å². The van der Waals surface area contributed by atoms with E-state index in [2.05, 4.69) is 10.3 Å². The van der Waals surface area contributed by atoms with Crippen molar-refractivity contribution in [2.24, 2.45) is 0 Å². The summed E-state index contributed by atoms with van der Waals surface area (Å²) in [5.41, 5.74) is 3.80. The summed E-state index contributed by atoms with van der Waals surface area (Å²) in [6.07, 6.45) is 1.79. The maximum Gasteiger partial charge on any atom is 0.251 e. The number of hydrogen-bond donors (Lipinski definition) is 1. The van der Waals surface area contributed by atoms with Gasteiger partial charge in [-0.3, -0.25) is 4.79 Å². The summed E-state index contributed by atoms with van der Waals surface area (Å²) < 4.78 is 37.9. The lowest BCUT2D eigenvalue weighted by Gasteiger charge is -2.15. The summed E-state index contributed by atoms with van der Waals surface area (Å²) in [4.78, 5) is 17.1. The summed E-state index contributed by atoms with van der Waals surface area (Å²) in [5.74, 6) is 0.708. The molecule has 8 nitrogen and oxygen atoms in total. The Hall–Kier alpha value is -2.95. The number of amides is 1. The first-order valence-electron chi connectivity index (χ1n) is 10.5. The van der Waals surface area contributed by atoms with Gasteiger partial charge < -0.3 is 14.8 Å². The number of aromatic nitrogens is 1. The Morgan fingerprint density at radius 1 is 1.12 bits per heavy atom. The van der Waals surface area contributed by atoms with Crippen LogP contribution in [0.25, 0.3) is 0 Å². The van der Waals surface area contributed by atoms with Gasteiger partial charge >= 0.3 is 0 Å². The Morgan fingerprint density at radius 3 is 2.55 bits per heavy atom. The van der Waals surface area contributed by atoms with E-state index in [0.29, 0.717) is 36.8 Å². The zero-order chi connectivity index (χ0) is 23.3. The van der Waals surface area contributed by atoms with E-state index in [1.165, 1.54) is 22.8 Å². The lowest BCUT2D eigenvalue weighted by molar-refractivity contribution is 0.0950. The van der Waals surface area contributed by atoms with Crippen LogP contribution in [0.1, 0.15) is 34.5 Å². The highest BCUT2D eigenvalue weighted by Gasteiger charge is 2.26. The van der Waals surface area contributed by atoms with Gasteiger partial charge in [0.2, 0.25) is 10.0 Å². The second-order valence-corrected chi connectivity index (χ2v) is 10.2. The topological polar surface area (TPSA) is 97.8 Å². The Morgan fingerprint density at radius 2 is 1.88 bits per heavy atom. The van der Waals surface area contributed by atoms with E-state index in [1.807, 2.05) is 5.38 Å². The van der Waals surface area contributed by atoms with Crippen LogP contribution in [-0.4, -0.2) is 43.8 Å². The highest BCUT2D eigenvalue weighted by Crippen LogP contribution is 2.29. The Kier molecular flexibility index (Phi) is 7.26. The van der Waals surface area contributed by atoms with Gasteiger partial charge in [0.15, 0.2) is 11.5 Å². The predicted molar refractivity (Wildman–Crippen MR) is 125 cm³/mol. The van der Waals surface area contributed by atoms with E-state index in [4.69, 9.17) is 9.47 Å². The van der Waals surface area contributed by atoms with Crippen molar-refractivity contribution in [1.82, 2.24) is 14.6 Å². The minimum atomic E-state index is -3.44. The molecule has 4 rings (SSSR count). The molecule has 1 aliphatic heterocycles. The molecule has 1 aromatic heterocycles. The third-order valence-corrected chi connectivity index (χ3v) is 7.91. The summed E-state index contributed by atoms with van der Waals surface area (Å²) in [5, 5.41) is 4.76. The molecule has 174 valence electrons. The zero-order valence-electron chi connectivity index (χ0n) is 18.2. The Balaban J connectivity index is 1.36. The van der Waals surface area contributed by atoms with Crippen LogP contribution in [0, 0.1) is 0 Å². The van der Waals surface area contributed by atoms with Crippen LogP contribution in [0.4, 0.5) is 0 Å². The molecule has 0 spiro atoms. The maximum atomic E-state index is 12.6. The monoisotopic (exact) mass is 487 g/mol. The third-order valence-electron chi connectivity index (χ3n) is 5.36. The second kappa shape index (κ2) is 10.3. The van der Waals surface area contributed by atoms with Crippen molar-refractivity contribution in [1.29, 1.82) is 0 Å².